The molecular weight excluding hydrogens is 343 g/mol. The van der Waals surface area contributed by atoms with E-state index >= 15 is 0 Å². The molecule has 136 valence electrons. The van der Waals surface area contributed by atoms with E-state index in [9.17, 15) is 14.0 Å². The molecule has 0 atom stereocenters. The van der Waals surface area contributed by atoms with Crippen molar-refractivity contribution in [2.24, 2.45) is 0 Å². The highest BCUT2D eigenvalue weighted by atomic mass is 19.1. The number of rotatable bonds is 5. The van der Waals surface area contributed by atoms with Gasteiger partial charge in [-0.15, -0.1) is 0 Å². The van der Waals surface area contributed by atoms with Gasteiger partial charge in [-0.3, -0.25) is 9.59 Å². The maximum atomic E-state index is 13.7. The number of hydrogen-bond acceptors (Lipinski definition) is 2. The third kappa shape index (κ3) is 4.58. The maximum Gasteiger partial charge on any atom is 0.255 e. The molecule has 0 fully saturated rings. The molecule has 2 amide bonds. The highest BCUT2D eigenvalue weighted by Crippen LogP contribution is 2.16. The molecular formula is C22H19FN2O2. The lowest BCUT2D eigenvalue weighted by Gasteiger charge is -2.09. The van der Waals surface area contributed by atoms with Gasteiger partial charge in [0, 0.05) is 16.8 Å². The Bertz CT molecular complexity index is 968. The monoisotopic (exact) mass is 362 g/mol. The van der Waals surface area contributed by atoms with Gasteiger partial charge in [0.1, 0.15) is 5.82 Å². The van der Waals surface area contributed by atoms with Crippen molar-refractivity contribution in [2.75, 3.05) is 10.6 Å². The van der Waals surface area contributed by atoms with E-state index in [1.165, 1.54) is 23.8 Å². The van der Waals surface area contributed by atoms with E-state index in [0.29, 0.717) is 11.3 Å². The normalized spacial score (nSPS) is 10.3. The van der Waals surface area contributed by atoms with Crippen LogP contribution in [0.1, 0.15) is 33.2 Å². The van der Waals surface area contributed by atoms with Crippen LogP contribution >= 0.6 is 0 Å². The molecule has 0 aromatic heterocycles. The Hall–Kier alpha value is -3.47. The van der Waals surface area contributed by atoms with Crippen molar-refractivity contribution < 1.29 is 14.0 Å². The van der Waals surface area contributed by atoms with E-state index < -0.39 is 11.7 Å². The topological polar surface area (TPSA) is 58.2 Å². The van der Waals surface area contributed by atoms with Crippen LogP contribution in [0.4, 0.5) is 15.8 Å². The fourth-order valence-corrected chi connectivity index (χ4v) is 2.59. The van der Waals surface area contributed by atoms with Crippen LogP contribution in [0.3, 0.4) is 0 Å². The van der Waals surface area contributed by atoms with Crippen molar-refractivity contribution in [3.8, 4) is 0 Å². The van der Waals surface area contributed by atoms with Crippen LogP contribution in [0.15, 0.2) is 72.8 Å². The summed E-state index contributed by atoms with van der Waals surface area (Å²) < 4.78 is 13.7. The fourth-order valence-electron chi connectivity index (χ4n) is 2.59. The van der Waals surface area contributed by atoms with Crippen LogP contribution in [-0.2, 0) is 6.42 Å². The van der Waals surface area contributed by atoms with Crippen LogP contribution in [0, 0.1) is 5.82 Å². The van der Waals surface area contributed by atoms with Crippen molar-refractivity contribution in [2.45, 2.75) is 13.3 Å². The SMILES string of the molecule is CCc1ccc(NC(=O)c2cccc(C(=O)Nc3ccccc3F)c2)cc1. The number of carbonyl (C=O) groups is 2. The number of amides is 2. The molecule has 4 nitrogen and oxygen atoms in total. The average Bonchev–Trinajstić information content (AvgIpc) is 2.70. The van der Waals surface area contributed by atoms with Gasteiger partial charge in [-0.1, -0.05) is 37.3 Å². The van der Waals surface area contributed by atoms with Gasteiger partial charge in [0.15, 0.2) is 0 Å². The van der Waals surface area contributed by atoms with Gasteiger partial charge in [0.25, 0.3) is 11.8 Å². The molecule has 0 bridgehead atoms. The number of aryl methyl sites for hydroxylation is 1. The summed E-state index contributed by atoms with van der Waals surface area (Å²) >= 11 is 0. The molecule has 2 N–H and O–H groups in total. The largest absolute Gasteiger partial charge is 0.322 e. The highest BCUT2D eigenvalue weighted by molar-refractivity contribution is 6.08. The second kappa shape index (κ2) is 8.27. The molecule has 0 aliphatic heterocycles. The highest BCUT2D eigenvalue weighted by Gasteiger charge is 2.12. The van der Waals surface area contributed by atoms with Gasteiger partial charge in [-0.05, 0) is 54.4 Å². The van der Waals surface area contributed by atoms with E-state index in [2.05, 4.69) is 17.6 Å². The molecule has 0 saturated carbocycles. The summed E-state index contributed by atoms with van der Waals surface area (Å²) in [6.07, 6.45) is 0.924. The van der Waals surface area contributed by atoms with Crippen LogP contribution in [0.25, 0.3) is 0 Å². The quantitative estimate of drug-likeness (QED) is 0.679. The molecule has 0 heterocycles. The lowest BCUT2D eigenvalue weighted by atomic mass is 10.1. The van der Waals surface area contributed by atoms with Crippen LogP contribution in [0.5, 0.6) is 0 Å². The maximum absolute atomic E-state index is 13.7. The first-order chi connectivity index (χ1) is 13.1. The zero-order valence-corrected chi connectivity index (χ0v) is 14.8. The molecule has 27 heavy (non-hydrogen) atoms. The standard InChI is InChI=1S/C22H19FN2O2/c1-2-15-10-12-18(13-11-15)24-21(26)16-6-5-7-17(14-16)22(27)25-20-9-4-3-8-19(20)23/h3-14H,2H2,1H3,(H,24,26)(H,25,27). The smallest absolute Gasteiger partial charge is 0.255 e. The van der Waals surface area contributed by atoms with Crippen LogP contribution in [0.2, 0.25) is 0 Å². The van der Waals surface area contributed by atoms with Gasteiger partial charge in [-0.25, -0.2) is 4.39 Å². The van der Waals surface area contributed by atoms with Crippen molar-refractivity contribution in [3.05, 3.63) is 95.3 Å². The second-order valence-corrected chi connectivity index (χ2v) is 6.02. The van der Waals surface area contributed by atoms with Gasteiger partial charge in [-0.2, -0.15) is 0 Å². The number of anilines is 2. The summed E-state index contributed by atoms with van der Waals surface area (Å²) in [7, 11) is 0. The Balaban J connectivity index is 1.73. The lowest BCUT2D eigenvalue weighted by Crippen LogP contribution is -2.16. The zero-order valence-electron chi connectivity index (χ0n) is 14.8. The summed E-state index contributed by atoms with van der Waals surface area (Å²) in [4.78, 5) is 24.8. The van der Waals surface area contributed by atoms with E-state index in [1.54, 1.807) is 30.3 Å². The predicted octanol–water partition coefficient (Wildman–Crippen LogP) is 4.89. The number of nitrogens with one attached hydrogen (secondary N) is 2. The molecule has 0 radical (unpaired) electrons. The van der Waals surface area contributed by atoms with Gasteiger partial charge < -0.3 is 10.6 Å². The predicted molar refractivity (Wildman–Crippen MR) is 105 cm³/mol. The van der Waals surface area contributed by atoms with Crippen molar-refractivity contribution in [3.63, 3.8) is 0 Å². The molecule has 0 spiro atoms. The van der Waals surface area contributed by atoms with Crippen molar-refractivity contribution in [1.29, 1.82) is 0 Å². The first-order valence-corrected chi connectivity index (χ1v) is 8.63. The number of hydrogen-bond donors (Lipinski definition) is 2. The summed E-state index contributed by atoms with van der Waals surface area (Å²) in [5, 5.41) is 5.31. The summed E-state index contributed by atoms with van der Waals surface area (Å²) in [6, 6.07) is 19.8. The number of benzene rings is 3. The molecule has 0 unspecified atom stereocenters. The zero-order chi connectivity index (χ0) is 19.2. The van der Waals surface area contributed by atoms with E-state index in [-0.39, 0.29) is 17.2 Å². The van der Waals surface area contributed by atoms with E-state index in [4.69, 9.17) is 0 Å². The minimum absolute atomic E-state index is 0.0911. The molecule has 3 aromatic carbocycles. The molecule has 3 rings (SSSR count). The third-order valence-corrected chi connectivity index (χ3v) is 4.13. The molecule has 5 heteroatoms. The Morgan fingerprint density at radius 3 is 2.07 bits per heavy atom. The summed E-state index contributed by atoms with van der Waals surface area (Å²) in [6.45, 7) is 2.06. The van der Waals surface area contributed by atoms with Gasteiger partial charge >= 0.3 is 0 Å². The molecule has 0 aliphatic carbocycles. The minimum atomic E-state index is -0.518. The van der Waals surface area contributed by atoms with Crippen LogP contribution < -0.4 is 10.6 Å². The Morgan fingerprint density at radius 1 is 0.815 bits per heavy atom. The van der Waals surface area contributed by atoms with E-state index in [0.717, 1.165) is 6.42 Å². The van der Waals surface area contributed by atoms with Gasteiger partial charge in [0.05, 0.1) is 5.69 Å². The lowest BCUT2D eigenvalue weighted by molar-refractivity contribution is 0.102. The number of halogens is 1. The Morgan fingerprint density at radius 2 is 1.44 bits per heavy atom. The van der Waals surface area contributed by atoms with Crippen molar-refractivity contribution in [1.82, 2.24) is 0 Å². The minimum Gasteiger partial charge on any atom is -0.322 e. The first kappa shape index (κ1) is 18.3. The summed E-state index contributed by atoms with van der Waals surface area (Å²) in [5.74, 6) is -1.32. The van der Waals surface area contributed by atoms with Crippen molar-refractivity contribution >= 4 is 23.2 Å². The molecule has 0 aliphatic rings. The number of para-hydroxylation sites is 1. The Kier molecular flexibility index (Phi) is 5.61. The Labute approximate surface area is 157 Å². The molecule has 3 aromatic rings. The third-order valence-electron chi connectivity index (χ3n) is 4.13. The summed E-state index contributed by atoms with van der Waals surface area (Å²) in [5.41, 5.74) is 2.56. The molecule has 0 saturated heterocycles. The fraction of sp³-hybridized carbons (Fsp3) is 0.0909. The second-order valence-electron chi connectivity index (χ2n) is 6.02. The first-order valence-electron chi connectivity index (χ1n) is 8.63. The van der Waals surface area contributed by atoms with Crippen LogP contribution in [-0.4, -0.2) is 11.8 Å². The van der Waals surface area contributed by atoms with Gasteiger partial charge in [0.2, 0.25) is 0 Å². The number of carbonyl (C=O) groups excluding carboxylic acids is 2. The van der Waals surface area contributed by atoms with E-state index in [1.807, 2.05) is 24.3 Å². The average molecular weight is 362 g/mol.